The zero-order valence-electron chi connectivity index (χ0n) is 19.7. The highest BCUT2D eigenvalue weighted by molar-refractivity contribution is 6.53. The van der Waals surface area contributed by atoms with E-state index in [0.717, 1.165) is 0 Å². The first kappa shape index (κ1) is 26.3. The van der Waals surface area contributed by atoms with E-state index in [0.29, 0.717) is 33.6 Å². The molecule has 5 rings (SSSR count). The molecule has 0 aromatic heterocycles. The molecule has 6 nitrogen and oxygen atoms in total. The van der Waals surface area contributed by atoms with Gasteiger partial charge in [0.05, 0.1) is 34.8 Å². The van der Waals surface area contributed by atoms with Crippen LogP contribution in [0.3, 0.4) is 0 Å². The van der Waals surface area contributed by atoms with Crippen LogP contribution in [0.4, 0.5) is 32.0 Å². The summed E-state index contributed by atoms with van der Waals surface area (Å²) >= 11 is 0. The number of aromatic hydroxyl groups is 1. The zero-order chi connectivity index (χ0) is 27.7. The van der Waals surface area contributed by atoms with Gasteiger partial charge < -0.3 is 14.8 Å². The molecule has 38 heavy (non-hydrogen) atoms. The maximum Gasteiger partial charge on any atom is 0.487 e. The molecule has 2 heterocycles. The summed E-state index contributed by atoms with van der Waals surface area (Å²) in [5, 5.41) is 21.0. The number of halogens is 6. The van der Waals surface area contributed by atoms with Gasteiger partial charge in [0.15, 0.2) is 0 Å². The van der Waals surface area contributed by atoms with E-state index in [-0.39, 0.29) is 24.7 Å². The van der Waals surface area contributed by atoms with Crippen molar-refractivity contribution in [3.63, 3.8) is 0 Å². The number of phenolic OH excluding ortho intramolecular Hbond substituents is 1. The molecule has 0 radical (unpaired) electrons. The number of phenols is 1. The molecule has 2 aromatic rings. The molecule has 2 aliphatic heterocycles. The number of alkyl halides is 6. The van der Waals surface area contributed by atoms with Gasteiger partial charge in [0.2, 0.25) is 11.8 Å². The summed E-state index contributed by atoms with van der Waals surface area (Å²) in [4.78, 5) is 27.4. The maximum atomic E-state index is 13.6. The van der Waals surface area contributed by atoms with E-state index in [1.807, 2.05) is 0 Å². The van der Waals surface area contributed by atoms with Crippen LogP contribution in [-0.4, -0.2) is 29.1 Å². The van der Waals surface area contributed by atoms with E-state index >= 15 is 0 Å². The van der Waals surface area contributed by atoms with Crippen LogP contribution in [-0.2, 0) is 26.6 Å². The molecule has 0 unspecified atom stereocenters. The molecule has 2 saturated heterocycles. The number of para-hydroxylation sites is 1. The van der Waals surface area contributed by atoms with Gasteiger partial charge in [0, 0.05) is 5.56 Å². The van der Waals surface area contributed by atoms with Gasteiger partial charge in [-0.1, -0.05) is 23.8 Å². The molecule has 2 aromatic carbocycles. The Morgan fingerprint density at radius 3 is 2.13 bits per heavy atom. The third-order valence-corrected chi connectivity index (χ3v) is 7.47. The first-order valence-corrected chi connectivity index (χ1v) is 11.7. The Kier molecular flexibility index (Phi) is 6.14. The molecular weight excluding hydrogens is 519 g/mol. The number of fused-ring (bicyclic) bond motifs is 3. The normalized spacial score (nSPS) is 26.1. The summed E-state index contributed by atoms with van der Waals surface area (Å²) in [6, 6.07) is 6.80. The predicted octanol–water partition coefficient (Wildman–Crippen LogP) is 5.05. The summed E-state index contributed by atoms with van der Waals surface area (Å²) < 4.78 is 86.3. The van der Waals surface area contributed by atoms with Gasteiger partial charge >= 0.3 is 19.5 Å². The van der Waals surface area contributed by atoms with Crippen LogP contribution >= 0.6 is 0 Å². The highest BCUT2D eigenvalue weighted by Gasteiger charge is 2.58. The van der Waals surface area contributed by atoms with Crippen LogP contribution in [0.2, 0.25) is 0 Å². The molecule has 0 saturated carbocycles. The Balaban J connectivity index is 1.57. The molecule has 0 spiro atoms. The van der Waals surface area contributed by atoms with E-state index in [9.17, 15) is 46.1 Å². The number of hydrogen-bond donors (Lipinski definition) is 2. The van der Waals surface area contributed by atoms with Gasteiger partial charge in [-0.3, -0.25) is 9.59 Å². The van der Waals surface area contributed by atoms with E-state index in [4.69, 9.17) is 4.65 Å². The third kappa shape index (κ3) is 4.27. The van der Waals surface area contributed by atoms with Crippen molar-refractivity contribution >= 4 is 24.6 Å². The summed E-state index contributed by atoms with van der Waals surface area (Å²) in [7, 11) is -1.48. The fraction of sp³-hybridized carbons (Fsp3) is 0.360. The van der Waals surface area contributed by atoms with Crippen molar-refractivity contribution in [2.24, 2.45) is 17.8 Å². The molecule has 2 N–H and O–H groups in total. The topological polar surface area (TPSA) is 87.1 Å². The number of allylic oxidation sites excluding steroid dienone is 2. The molecule has 3 aliphatic rings. The van der Waals surface area contributed by atoms with Gasteiger partial charge in [0.25, 0.3) is 0 Å². The minimum atomic E-state index is -5.16. The minimum Gasteiger partial charge on any atom is -0.508 e. The third-order valence-electron chi connectivity index (χ3n) is 7.47. The summed E-state index contributed by atoms with van der Waals surface area (Å²) in [6.07, 6.45) is -11.2. The van der Waals surface area contributed by atoms with Crippen molar-refractivity contribution in [1.82, 2.24) is 0 Å². The number of anilines is 1. The molecule has 2 fully saturated rings. The first-order chi connectivity index (χ1) is 17.7. The molecule has 4 atom stereocenters. The number of rotatable bonds is 2. The Bertz CT molecular complexity index is 1320. The Labute approximate surface area is 212 Å². The van der Waals surface area contributed by atoms with E-state index in [2.05, 4.69) is 0 Å². The number of hydrogen-bond acceptors (Lipinski definition) is 5. The largest absolute Gasteiger partial charge is 0.508 e. The quantitative estimate of drug-likeness (QED) is 0.317. The summed E-state index contributed by atoms with van der Waals surface area (Å²) in [5.74, 6) is -4.97. The van der Waals surface area contributed by atoms with Crippen LogP contribution in [0.25, 0.3) is 0 Å². The molecule has 1 aliphatic carbocycles. The lowest BCUT2D eigenvalue weighted by Gasteiger charge is -2.41. The van der Waals surface area contributed by atoms with Gasteiger partial charge in [-0.25, -0.2) is 4.90 Å². The Morgan fingerprint density at radius 2 is 1.55 bits per heavy atom. The fourth-order valence-electron chi connectivity index (χ4n) is 5.84. The highest BCUT2D eigenvalue weighted by Crippen LogP contribution is 2.53. The average Bonchev–Trinajstić information content (AvgIpc) is 3.07. The second-order valence-corrected chi connectivity index (χ2v) is 9.73. The lowest BCUT2D eigenvalue weighted by Crippen LogP contribution is -2.44. The Hall–Kier alpha value is -3.32. The molecule has 0 bridgehead atoms. The monoisotopic (exact) mass is 539 g/mol. The molecule has 200 valence electrons. The lowest BCUT2D eigenvalue weighted by atomic mass is 9.55. The lowest BCUT2D eigenvalue weighted by molar-refractivity contribution is -0.143. The standard InChI is InChI=1S/C25H20BF6NO5/c1-11-6-17-20(16-10-19(38-26(37)21(11)16)15-4-2-3-5-18(15)34)23(36)33(22(17)35)14-8-12(24(27,28)29)7-13(9-14)25(30,31)32/h2-5,7-9,16-17,19-20,34,37H,6,10H2,1H3/t16-,17-,19-,20+/m0/s1. The first-order valence-electron chi connectivity index (χ1n) is 11.7. The number of carbonyl (C=O) groups is 2. The second kappa shape index (κ2) is 8.87. The van der Waals surface area contributed by atoms with Crippen molar-refractivity contribution in [3.8, 4) is 5.75 Å². The van der Waals surface area contributed by atoms with Crippen molar-refractivity contribution in [2.45, 2.75) is 38.2 Å². The fourth-order valence-corrected chi connectivity index (χ4v) is 5.84. The van der Waals surface area contributed by atoms with Crippen LogP contribution in [0.5, 0.6) is 5.75 Å². The number of carbonyl (C=O) groups excluding carboxylic acids is 2. The van der Waals surface area contributed by atoms with Crippen LogP contribution in [0.15, 0.2) is 53.5 Å². The van der Waals surface area contributed by atoms with Crippen molar-refractivity contribution in [1.29, 1.82) is 0 Å². The van der Waals surface area contributed by atoms with Crippen LogP contribution in [0, 0.1) is 17.8 Å². The van der Waals surface area contributed by atoms with Gasteiger partial charge in [-0.15, -0.1) is 0 Å². The zero-order valence-corrected chi connectivity index (χ0v) is 19.7. The van der Waals surface area contributed by atoms with Crippen molar-refractivity contribution in [3.05, 3.63) is 70.2 Å². The van der Waals surface area contributed by atoms with E-state index in [1.54, 1.807) is 25.1 Å². The predicted molar refractivity (Wildman–Crippen MR) is 121 cm³/mol. The van der Waals surface area contributed by atoms with Crippen LogP contribution in [0.1, 0.15) is 42.6 Å². The number of amides is 2. The number of benzene rings is 2. The Morgan fingerprint density at radius 1 is 0.947 bits per heavy atom. The summed E-state index contributed by atoms with van der Waals surface area (Å²) in [6.45, 7) is 1.62. The number of nitrogens with zero attached hydrogens (tertiary/aromatic N) is 1. The molecule has 13 heteroatoms. The number of imide groups is 1. The van der Waals surface area contributed by atoms with Crippen molar-refractivity contribution < 1.29 is 50.7 Å². The van der Waals surface area contributed by atoms with E-state index < -0.39 is 72.0 Å². The summed E-state index contributed by atoms with van der Waals surface area (Å²) in [5.41, 5.74) is -2.89. The van der Waals surface area contributed by atoms with Gasteiger partial charge in [-0.2, -0.15) is 26.3 Å². The highest BCUT2D eigenvalue weighted by atomic mass is 19.4. The average molecular weight is 539 g/mol. The minimum absolute atomic E-state index is 0.0235. The van der Waals surface area contributed by atoms with Crippen LogP contribution < -0.4 is 4.90 Å². The smallest absolute Gasteiger partial charge is 0.487 e. The maximum absolute atomic E-state index is 13.6. The van der Waals surface area contributed by atoms with Gasteiger partial charge in [-0.05, 0) is 55.4 Å². The van der Waals surface area contributed by atoms with E-state index in [1.165, 1.54) is 6.07 Å². The second-order valence-electron chi connectivity index (χ2n) is 9.73. The molecule has 2 amide bonds. The SMILES string of the molecule is CC1=C2B(O)O[C@H](c3ccccc3O)C[C@H]2[C@H]2C(=O)N(c3cc(C(F)(F)F)cc(C(F)(F)F)c3)C(=O)[C@H]2C1. The van der Waals surface area contributed by atoms with Crippen molar-refractivity contribution in [2.75, 3.05) is 4.90 Å². The molecular formula is C25H20BF6NO5. The van der Waals surface area contributed by atoms with Gasteiger partial charge in [0.1, 0.15) is 5.75 Å².